The lowest BCUT2D eigenvalue weighted by atomic mass is 10.2. The Labute approximate surface area is 131 Å². The molecule has 0 unspecified atom stereocenters. The summed E-state index contributed by atoms with van der Waals surface area (Å²) < 4.78 is 23.4. The SMILES string of the molecule is CN(CCNc1ncccc1S(C)(=O)=O)Cc1ccccc1. The third-order valence-electron chi connectivity index (χ3n) is 3.25. The van der Waals surface area contributed by atoms with Crippen LogP contribution in [0.1, 0.15) is 5.56 Å². The average Bonchev–Trinajstić information content (AvgIpc) is 2.48. The third-order valence-corrected chi connectivity index (χ3v) is 4.38. The van der Waals surface area contributed by atoms with E-state index >= 15 is 0 Å². The van der Waals surface area contributed by atoms with E-state index in [1.165, 1.54) is 11.8 Å². The number of hydrogen-bond donors (Lipinski definition) is 1. The van der Waals surface area contributed by atoms with E-state index in [0.717, 1.165) is 13.1 Å². The van der Waals surface area contributed by atoms with Gasteiger partial charge in [0, 0.05) is 32.1 Å². The average molecular weight is 319 g/mol. The minimum absolute atomic E-state index is 0.237. The lowest BCUT2D eigenvalue weighted by Gasteiger charge is -2.17. The van der Waals surface area contributed by atoms with Gasteiger partial charge in [0.2, 0.25) is 0 Å². The molecule has 1 aromatic heterocycles. The number of aromatic nitrogens is 1. The van der Waals surface area contributed by atoms with E-state index in [2.05, 4.69) is 27.3 Å². The Hall–Kier alpha value is -1.92. The van der Waals surface area contributed by atoms with Crippen molar-refractivity contribution in [1.29, 1.82) is 0 Å². The largest absolute Gasteiger partial charge is 0.368 e. The number of likely N-dealkylation sites (N-methyl/N-ethyl adjacent to an activating group) is 1. The van der Waals surface area contributed by atoms with E-state index in [0.29, 0.717) is 12.4 Å². The maximum atomic E-state index is 11.7. The fourth-order valence-electron chi connectivity index (χ4n) is 2.16. The van der Waals surface area contributed by atoms with Crippen molar-refractivity contribution < 1.29 is 8.42 Å². The second-order valence-electron chi connectivity index (χ2n) is 5.27. The van der Waals surface area contributed by atoms with Gasteiger partial charge in [0.15, 0.2) is 9.84 Å². The summed E-state index contributed by atoms with van der Waals surface area (Å²) in [5, 5.41) is 3.10. The molecule has 2 aromatic rings. The summed E-state index contributed by atoms with van der Waals surface area (Å²) >= 11 is 0. The molecule has 1 aromatic carbocycles. The fraction of sp³-hybridized carbons (Fsp3) is 0.312. The molecule has 0 spiro atoms. The van der Waals surface area contributed by atoms with E-state index in [-0.39, 0.29) is 4.90 Å². The second-order valence-corrected chi connectivity index (χ2v) is 7.26. The number of sulfone groups is 1. The maximum absolute atomic E-state index is 11.7. The molecule has 0 saturated heterocycles. The molecule has 22 heavy (non-hydrogen) atoms. The molecule has 0 bridgehead atoms. The Bertz CT molecular complexity index is 702. The van der Waals surface area contributed by atoms with Crippen molar-refractivity contribution >= 4 is 15.7 Å². The van der Waals surface area contributed by atoms with E-state index in [9.17, 15) is 8.42 Å². The van der Waals surface area contributed by atoms with Crippen LogP contribution in [0.5, 0.6) is 0 Å². The first-order chi connectivity index (χ1) is 10.5. The maximum Gasteiger partial charge on any atom is 0.179 e. The molecule has 1 heterocycles. The molecule has 0 saturated carbocycles. The summed E-state index contributed by atoms with van der Waals surface area (Å²) in [5.41, 5.74) is 1.25. The number of nitrogens with one attached hydrogen (secondary N) is 1. The van der Waals surface area contributed by atoms with Crippen LogP contribution in [0.3, 0.4) is 0 Å². The van der Waals surface area contributed by atoms with Crippen LogP contribution in [-0.2, 0) is 16.4 Å². The molecule has 118 valence electrons. The van der Waals surface area contributed by atoms with Crippen molar-refractivity contribution in [2.45, 2.75) is 11.4 Å². The van der Waals surface area contributed by atoms with Crippen LogP contribution in [0, 0.1) is 0 Å². The number of benzene rings is 1. The predicted molar refractivity (Wildman–Crippen MR) is 88.6 cm³/mol. The molecule has 6 heteroatoms. The van der Waals surface area contributed by atoms with Gasteiger partial charge < -0.3 is 10.2 Å². The molecule has 0 fully saturated rings. The molecule has 0 aliphatic heterocycles. The van der Waals surface area contributed by atoms with Crippen LogP contribution >= 0.6 is 0 Å². The summed E-state index contributed by atoms with van der Waals surface area (Å²) in [7, 11) is -1.24. The number of hydrogen-bond acceptors (Lipinski definition) is 5. The highest BCUT2D eigenvalue weighted by Crippen LogP contribution is 2.17. The fourth-order valence-corrected chi connectivity index (χ4v) is 2.96. The molecule has 0 aliphatic carbocycles. The lowest BCUT2D eigenvalue weighted by molar-refractivity contribution is 0.340. The Kier molecular flexibility index (Phi) is 5.51. The van der Waals surface area contributed by atoms with Gasteiger partial charge in [-0.25, -0.2) is 13.4 Å². The van der Waals surface area contributed by atoms with Gasteiger partial charge in [0.25, 0.3) is 0 Å². The number of anilines is 1. The summed E-state index contributed by atoms with van der Waals surface area (Å²) in [4.78, 5) is 6.53. The quantitative estimate of drug-likeness (QED) is 0.846. The van der Waals surface area contributed by atoms with Crippen molar-refractivity contribution in [2.75, 3.05) is 31.7 Å². The summed E-state index contributed by atoms with van der Waals surface area (Å²) in [6.07, 6.45) is 2.78. The van der Waals surface area contributed by atoms with Crippen LogP contribution < -0.4 is 5.32 Å². The molecular formula is C16H21N3O2S. The summed E-state index contributed by atoms with van der Waals surface area (Å²) in [6.45, 7) is 2.27. The van der Waals surface area contributed by atoms with Gasteiger partial charge in [-0.2, -0.15) is 0 Å². The molecule has 5 nitrogen and oxygen atoms in total. The summed E-state index contributed by atoms with van der Waals surface area (Å²) in [6, 6.07) is 13.4. The number of rotatable bonds is 7. The first-order valence-electron chi connectivity index (χ1n) is 7.08. The van der Waals surface area contributed by atoms with Crippen molar-refractivity contribution in [1.82, 2.24) is 9.88 Å². The van der Waals surface area contributed by atoms with Crippen molar-refractivity contribution in [3.8, 4) is 0 Å². The highest BCUT2D eigenvalue weighted by Gasteiger charge is 2.13. The van der Waals surface area contributed by atoms with Crippen LogP contribution in [0.15, 0.2) is 53.6 Å². The zero-order valence-corrected chi connectivity index (χ0v) is 13.7. The van der Waals surface area contributed by atoms with Gasteiger partial charge in [0.1, 0.15) is 10.7 Å². The first kappa shape index (κ1) is 16.5. The van der Waals surface area contributed by atoms with Crippen molar-refractivity contribution in [3.63, 3.8) is 0 Å². The lowest BCUT2D eigenvalue weighted by Crippen LogP contribution is -2.25. The molecule has 0 amide bonds. The Balaban J connectivity index is 1.89. The highest BCUT2D eigenvalue weighted by molar-refractivity contribution is 7.90. The second kappa shape index (κ2) is 7.38. The normalized spacial score (nSPS) is 11.6. The minimum atomic E-state index is -3.27. The Morgan fingerprint density at radius 1 is 1.14 bits per heavy atom. The van der Waals surface area contributed by atoms with Crippen molar-refractivity contribution in [3.05, 3.63) is 54.2 Å². The standard InChI is InChI=1S/C16H21N3O2S/c1-19(13-14-7-4-3-5-8-14)12-11-18-16-15(22(2,20)21)9-6-10-17-16/h3-10H,11-13H2,1-2H3,(H,17,18). The molecule has 0 radical (unpaired) electrons. The molecule has 2 rings (SSSR count). The minimum Gasteiger partial charge on any atom is -0.368 e. The number of nitrogens with zero attached hydrogens (tertiary/aromatic N) is 2. The zero-order valence-electron chi connectivity index (χ0n) is 12.9. The van der Waals surface area contributed by atoms with Crippen LogP contribution in [-0.4, -0.2) is 44.7 Å². The van der Waals surface area contributed by atoms with Gasteiger partial charge in [-0.1, -0.05) is 30.3 Å². The zero-order chi connectivity index (χ0) is 16.0. The van der Waals surface area contributed by atoms with Crippen molar-refractivity contribution in [2.24, 2.45) is 0 Å². The monoisotopic (exact) mass is 319 g/mol. The van der Waals surface area contributed by atoms with Gasteiger partial charge in [-0.15, -0.1) is 0 Å². The number of pyridine rings is 1. The summed E-state index contributed by atoms with van der Waals surface area (Å²) in [5.74, 6) is 0.415. The van der Waals surface area contributed by atoms with Gasteiger partial charge in [-0.05, 0) is 24.7 Å². The topological polar surface area (TPSA) is 62.3 Å². The molecule has 1 N–H and O–H groups in total. The molecular weight excluding hydrogens is 298 g/mol. The van der Waals surface area contributed by atoms with E-state index in [4.69, 9.17) is 0 Å². The smallest absolute Gasteiger partial charge is 0.179 e. The first-order valence-corrected chi connectivity index (χ1v) is 8.97. The molecule has 0 aliphatic rings. The van der Waals surface area contributed by atoms with Crippen LogP contribution in [0.4, 0.5) is 5.82 Å². The van der Waals surface area contributed by atoms with Crippen LogP contribution in [0.25, 0.3) is 0 Å². The third kappa shape index (κ3) is 4.82. The Morgan fingerprint density at radius 2 is 1.86 bits per heavy atom. The van der Waals surface area contributed by atoms with E-state index in [1.54, 1.807) is 18.3 Å². The van der Waals surface area contributed by atoms with Gasteiger partial charge >= 0.3 is 0 Å². The van der Waals surface area contributed by atoms with Crippen LogP contribution in [0.2, 0.25) is 0 Å². The van der Waals surface area contributed by atoms with E-state index in [1.807, 2.05) is 25.2 Å². The molecule has 0 atom stereocenters. The van der Waals surface area contributed by atoms with Gasteiger partial charge in [0.05, 0.1) is 0 Å². The highest BCUT2D eigenvalue weighted by atomic mass is 32.2. The Morgan fingerprint density at radius 3 is 2.55 bits per heavy atom. The van der Waals surface area contributed by atoms with E-state index < -0.39 is 9.84 Å². The van der Waals surface area contributed by atoms with Gasteiger partial charge in [-0.3, -0.25) is 0 Å². The predicted octanol–water partition coefficient (Wildman–Crippen LogP) is 2.03.